The van der Waals surface area contributed by atoms with Crippen molar-refractivity contribution in [2.45, 2.75) is 6.42 Å². The number of oxime groups is 1. The first-order valence-corrected chi connectivity index (χ1v) is 4.40. The summed E-state index contributed by atoms with van der Waals surface area (Å²) in [5.74, 6) is 0.136. The molecule has 0 atom stereocenters. The van der Waals surface area contributed by atoms with Crippen molar-refractivity contribution in [1.82, 2.24) is 4.90 Å². The van der Waals surface area contributed by atoms with Gasteiger partial charge in [-0.15, -0.1) is 0 Å². The van der Waals surface area contributed by atoms with Crippen molar-refractivity contribution in [2.24, 2.45) is 10.9 Å². The lowest BCUT2D eigenvalue weighted by molar-refractivity contribution is 0.0767. The lowest BCUT2D eigenvalue weighted by Crippen LogP contribution is -2.30. The van der Waals surface area contributed by atoms with Crippen LogP contribution in [0.15, 0.2) is 28.0 Å². The first-order chi connectivity index (χ1) is 7.15. The van der Waals surface area contributed by atoms with Crippen molar-refractivity contribution in [1.29, 1.82) is 0 Å². The van der Waals surface area contributed by atoms with Gasteiger partial charge in [-0.05, 0) is 12.1 Å². The zero-order chi connectivity index (χ0) is 11.3. The Kier molecular flexibility index (Phi) is 3.73. The Hall–Kier alpha value is -1.98. The first kappa shape index (κ1) is 11.1. The molecule has 0 aliphatic heterocycles. The van der Waals surface area contributed by atoms with Crippen molar-refractivity contribution in [3.63, 3.8) is 0 Å². The van der Waals surface area contributed by atoms with Gasteiger partial charge >= 0.3 is 0 Å². The number of carbonyl (C=O) groups excluding carboxylic acids is 1. The lowest BCUT2D eigenvalue weighted by atomic mass is 10.3. The normalized spacial score (nSPS) is 11.4. The Labute approximate surface area is 87.0 Å². The smallest absolute Gasteiger partial charge is 0.289 e. The van der Waals surface area contributed by atoms with Crippen molar-refractivity contribution >= 4 is 11.7 Å². The molecule has 0 aliphatic carbocycles. The third-order valence-corrected chi connectivity index (χ3v) is 1.91. The molecule has 0 unspecified atom stereocenters. The zero-order valence-corrected chi connectivity index (χ0v) is 8.38. The number of nitrogens with zero attached hydrogens (tertiary/aromatic N) is 2. The molecule has 15 heavy (non-hydrogen) atoms. The Balaban J connectivity index is 2.48. The van der Waals surface area contributed by atoms with Crippen LogP contribution in [0.4, 0.5) is 0 Å². The second-order valence-electron chi connectivity index (χ2n) is 3.05. The fourth-order valence-corrected chi connectivity index (χ4v) is 1.02. The van der Waals surface area contributed by atoms with Gasteiger partial charge in [0.1, 0.15) is 5.84 Å². The Morgan fingerprint density at radius 1 is 1.73 bits per heavy atom. The van der Waals surface area contributed by atoms with Gasteiger partial charge in [0, 0.05) is 20.0 Å². The van der Waals surface area contributed by atoms with Gasteiger partial charge in [0.15, 0.2) is 5.76 Å². The molecule has 0 aliphatic rings. The van der Waals surface area contributed by atoms with Crippen LogP contribution in [0.3, 0.4) is 0 Å². The molecule has 1 rings (SSSR count). The molecule has 0 bridgehead atoms. The number of hydrogen-bond acceptors (Lipinski definition) is 4. The molecule has 0 spiro atoms. The first-order valence-electron chi connectivity index (χ1n) is 4.40. The van der Waals surface area contributed by atoms with E-state index in [-0.39, 0.29) is 17.5 Å². The number of amides is 1. The highest BCUT2D eigenvalue weighted by Gasteiger charge is 2.13. The molecule has 0 saturated carbocycles. The standard InChI is InChI=1S/C9H13N3O3/c1-12(5-4-8(10)11-14)9(13)7-3-2-6-15-7/h2-3,6,14H,4-5H2,1H3,(H2,10,11). The summed E-state index contributed by atoms with van der Waals surface area (Å²) in [6.07, 6.45) is 1.75. The lowest BCUT2D eigenvalue weighted by Gasteiger charge is -2.14. The summed E-state index contributed by atoms with van der Waals surface area (Å²) in [7, 11) is 1.62. The molecule has 0 radical (unpaired) electrons. The number of carbonyl (C=O) groups is 1. The summed E-state index contributed by atoms with van der Waals surface area (Å²) in [6.45, 7) is 0.370. The molecule has 1 aromatic rings. The SMILES string of the molecule is CN(CCC(N)=NO)C(=O)c1ccco1. The molecule has 6 nitrogen and oxygen atoms in total. The van der Waals surface area contributed by atoms with Gasteiger partial charge in [0.05, 0.1) is 6.26 Å². The van der Waals surface area contributed by atoms with Gasteiger partial charge in [-0.25, -0.2) is 0 Å². The largest absolute Gasteiger partial charge is 0.459 e. The molecule has 1 amide bonds. The monoisotopic (exact) mass is 211 g/mol. The molecule has 0 aromatic carbocycles. The Morgan fingerprint density at radius 2 is 2.47 bits per heavy atom. The van der Waals surface area contributed by atoms with Crippen molar-refractivity contribution < 1.29 is 14.4 Å². The van der Waals surface area contributed by atoms with E-state index in [0.29, 0.717) is 13.0 Å². The average molecular weight is 211 g/mol. The zero-order valence-electron chi connectivity index (χ0n) is 8.38. The van der Waals surface area contributed by atoms with E-state index in [1.807, 2.05) is 0 Å². The van der Waals surface area contributed by atoms with E-state index < -0.39 is 0 Å². The summed E-state index contributed by atoms with van der Waals surface area (Å²) in [6, 6.07) is 3.23. The van der Waals surface area contributed by atoms with E-state index >= 15 is 0 Å². The van der Waals surface area contributed by atoms with E-state index in [1.165, 1.54) is 11.2 Å². The van der Waals surface area contributed by atoms with Gasteiger partial charge in [-0.1, -0.05) is 5.16 Å². The van der Waals surface area contributed by atoms with Crippen LogP contribution in [0.1, 0.15) is 17.0 Å². The van der Waals surface area contributed by atoms with Crippen molar-refractivity contribution in [3.05, 3.63) is 24.2 Å². The molecular weight excluding hydrogens is 198 g/mol. The fourth-order valence-electron chi connectivity index (χ4n) is 1.02. The molecule has 6 heteroatoms. The molecule has 1 aromatic heterocycles. The quantitative estimate of drug-likeness (QED) is 0.328. The predicted molar refractivity (Wildman–Crippen MR) is 53.7 cm³/mol. The summed E-state index contributed by atoms with van der Waals surface area (Å²) in [4.78, 5) is 13.0. The van der Waals surface area contributed by atoms with Gasteiger partial charge in [0.2, 0.25) is 0 Å². The third kappa shape index (κ3) is 3.01. The summed E-state index contributed by atoms with van der Waals surface area (Å²) >= 11 is 0. The maximum absolute atomic E-state index is 11.6. The van der Waals surface area contributed by atoms with Gasteiger partial charge in [-0.3, -0.25) is 4.79 Å². The number of hydrogen-bond donors (Lipinski definition) is 2. The molecule has 0 saturated heterocycles. The van der Waals surface area contributed by atoms with Crippen LogP contribution in [0.2, 0.25) is 0 Å². The molecule has 1 heterocycles. The van der Waals surface area contributed by atoms with Crippen LogP contribution in [0, 0.1) is 0 Å². The maximum atomic E-state index is 11.6. The molecule has 0 fully saturated rings. The van der Waals surface area contributed by atoms with Crippen LogP contribution < -0.4 is 5.73 Å². The van der Waals surface area contributed by atoms with E-state index in [2.05, 4.69) is 5.16 Å². The number of rotatable bonds is 4. The van der Waals surface area contributed by atoms with E-state index in [0.717, 1.165) is 0 Å². The maximum Gasteiger partial charge on any atom is 0.289 e. The summed E-state index contributed by atoms with van der Waals surface area (Å²) < 4.78 is 4.95. The molecule has 3 N–H and O–H groups in total. The Morgan fingerprint density at radius 3 is 3.00 bits per heavy atom. The van der Waals surface area contributed by atoms with Crippen LogP contribution in [-0.4, -0.2) is 35.4 Å². The Bertz CT molecular complexity index is 345. The van der Waals surface area contributed by atoms with Gasteiger partial charge < -0.3 is 20.3 Å². The van der Waals surface area contributed by atoms with E-state index in [4.69, 9.17) is 15.4 Å². The molecule has 82 valence electrons. The second-order valence-corrected chi connectivity index (χ2v) is 3.05. The average Bonchev–Trinajstić information content (AvgIpc) is 2.77. The second kappa shape index (κ2) is 5.04. The van der Waals surface area contributed by atoms with Gasteiger partial charge in [0.25, 0.3) is 5.91 Å². The number of nitrogens with two attached hydrogens (primary N) is 1. The van der Waals surface area contributed by atoms with Crippen LogP contribution in [0.5, 0.6) is 0 Å². The minimum Gasteiger partial charge on any atom is -0.459 e. The summed E-state index contributed by atoms with van der Waals surface area (Å²) in [5.41, 5.74) is 5.28. The highest BCUT2D eigenvalue weighted by atomic mass is 16.4. The topological polar surface area (TPSA) is 92.1 Å². The van der Waals surface area contributed by atoms with Crippen LogP contribution >= 0.6 is 0 Å². The minimum atomic E-state index is -0.231. The molecular formula is C9H13N3O3. The van der Waals surface area contributed by atoms with Crippen molar-refractivity contribution in [2.75, 3.05) is 13.6 Å². The number of furan rings is 1. The predicted octanol–water partition coefficient (Wildman–Crippen LogP) is 0.488. The third-order valence-electron chi connectivity index (χ3n) is 1.91. The minimum absolute atomic E-state index is 0.0918. The van der Waals surface area contributed by atoms with Crippen LogP contribution in [0.25, 0.3) is 0 Å². The highest BCUT2D eigenvalue weighted by Crippen LogP contribution is 2.04. The van der Waals surface area contributed by atoms with Gasteiger partial charge in [-0.2, -0.15) is 0 Å². The van der Waals surface area contributed by atoms with E-state index in [1.54, 1.807) is 19.2 Å². The van der Waals surface area contributed by atoms with E-state index in [9.17, 15) is 4.79 Å². The number of amidine groups is 1. The van der Waals surface area contributed by atoms with Crippen molar-refractivity contribution in [3.8, 4) is 0 Å². The highest BCUT2D eigenvalue weighted by molar-refractivity contribution is 5.91. The summed E-state index contributed by atoms with van der Waals surface area (Å²) in [5, 5.41) is 11.1. The van der Waals surface area contributed by atoms with Crippen LogP contribution in [-0.2, 0) is 0 Å². The fraction of sp³-hybridized carbons (Fsp3) is 0.333.